The Hall–Kier alpha value is -0.610. The van der Waals surface area contributed by atoms with Crippen LogP contribution in [0.3, 0.4) is 0 Å². The number of aliphatic carboxylic acids is 1. The molecule has 0 aromatic heterocycles. The summed E-state index contributed by atoms with van der Waals surface area (Å²) >= 11 is 0. The van der Waals surface area contributed by atoms with E-state index in [1.807, 2.05) is 0 Å². The van der Waals surface area contributed by atoms with Gasteiger partial charge in [0.05, 0.1) is 0 Å². The van der Waals surface area contributed by atoms with Crippen molar-refractivity contribution < 1.29 is 14.6 Å². The van der Waals surface area contributed by atoms with Crippen LogP contribution < -0.4 is 0 Å². The fraction of sp³-hybridized carbons (Fsp3) is 0.917. The molecule has 0 bridgehead atoms. The van der Waals surface area contributed by atoms with Crippen molar-refractivity contribution in [2.24, 2.45) is 11.8 Å². The van der Waals surface area contributed by atoms with E-state index in [0.717, 1.165) is 19.5 Å². The zero-order valence-corrected chi connectivity index (χ0v) is 10.5. The summed E-state index contributed by atoms with van der Waals surface area (Å²) in [6.45, 7) is 6.90. The van der Waals surface area contributed by atoms with Crippen molar-refractivity contribution in [3.8, 4) is 0 Å². The highest BCUT2D eigenvalue weighted by Crippen LogP contribution is 2.26. The maximum Gasteiger partial charge on any atom is 0.320 e. The molecule has 0 aromatic rings. The van der Waals surface area contributed by atoms with E-state index in [-0.39, 0.29) is 6.04 Å². The Kier molecular flexibility index (Phi) is 5.22. The Morgan fingerprint density at radius 1 is 1.50 bits per heavy atom. The summed E-state index contributed by atoms with van der Waals surface area (Å²) in [7, 11) is 1.65. The second-order valence-electron chi connectivity index (χ2n) is 4.95. The maximum absolute atomic E-state index is 11.1. The van der Waals surface area contributed by atoms with E-state index in [1.165, 1.54) is 0 Å². The predicted molar refractivity (Wildman–Crippen MR) is 62.4 cm³/mol. The second kappa shape index (κ2) is 6.21. The molecule has 1 aliphatic rings. The molecule has 4 nitrogen and oxygen atoms in total. The van der Waals surface area contributed by atoms with Crippen molar-refractivity contribution >= 4 is 5.97 Å². The van der Waals surface area contributed by atoms with Gasteiger partial charge in [-0.25, -0.2) is 0 Å². The van der Waals surface area contributed by atoms with E-state index < -0.39 is 5.97 Å². The summed E-state index contributed by atoms with van der Waals surface area (Å²) in [5.74, 6) is 0.632. The molecule has 1 atom stereocenters. The van der Waals surface area contributed by atoms with Crippen LogP contribution in [-0.4, -0.2) is 48.8 Å². The SMILES string of the molecule is COCCCC(C(=O)O)N1CC(C(C)C)C1. The third-order valence-corrected chi connectivity index (χ3v) is 3.43. The van der Waals surface area contributed by atoms with Crippen LogP contribution in [0, 0.1) is 11.8 Å². The van der Waals surface area contributed by atoms with Gasteiger partial charge in [-0.2, -0.15) is 0 Å². The number of nitrogens with zero attached hydrogens (tertiary/aromatic N) is 1. The van der Waals surface area contributed by atoms with Crippen LogP contribution in [0.15, 0.2) is 0 Å². The fourth-order valence-corrected chi connectivity index (χ4v) is 2.11. The number of methoxy groups -OCH3 is 1. The zero-order valence-electron chi connectivity index (χ0n) is 10.5. The van der Waals surface area contributed by atoms with Gasteiger partial charge in [0, 0.05) is 26.8 Å². The number of hydrogen-bond acceptors (Lipinski definition) is 3. The number of hydrogen-bond donors (Lipinski definition) is 1. The molecule has 1 heterocycles. The van der Waals surface area contributed by atoms with Gasteiger partial charge in [-0.3, -0.25) is 9.69 Å². The highest BCUT2D eigenvalue weighted by Gasteiger charge is 2.36. The molecule has 1 unspecified atom stereocenters. The maximum atomic E-state index is 11.1. The summed E-state index contributed by atoms with van der Waals surface area (Å²) in [6, 6.07) is -0.315. The first-order chi connectivity index (χ1) is 7.56. The van der Waals surface area contributed by atoms with Gasteiger partial charge >= 0.3 is 5.97 Å². The Balaban J connectivity index is 2.33. The lowest BCUT2D eigenvalue weighted by Gasteiger charge is -2.44. The Morgan fingerprint density at radius 3 is 2.56 bits per heavy atom. The largest absolute Gasteiger partial charge is 0.480 e. The van der Waals surface area contributed by atoms with Gasteiger partial charge in [-0.1, -0.05) is 13.8 Å². The van der Waals surface area contributed by atoms with Crippen LogP contribution in [0.25, 0.3) is 0 Å². The van der Waals surface area contributed by atoms with E-state index in [2.05, 4.69) is 18.7 Å². The molecule has 1 aliphatic heterocycles. The van der Waals surface area contributed by atoms with E-state index >= 15 is 0 Å². The van der Waals surface area contributed by atoms with Crippen molar-refractivity contribution in [1.82, 2.24) is 4.90 Å². The van der Waals surface area contributed by atoms with Crippen molar-refractivity contribution in [2.75, 3.05) is 26.8 Å². The van der Waals surface area contributed by atoms with Crippen LogP contribution in [-0.2, 0) is 9.53 Å². The molecule has 1 N–H and O–H groups in total. The highest BCUT2D eigenvalue weighted by molar-refractivity contribution is 5.73. The van der Waals surface area contributed by atoms with Crippen LogP contribution in [0.4, 0.5) is 0 Å². The molecule has 1 fully saturated rings. The van der Waals surface area contributed by atoms with Gasteiger partial charge in [0.2, 0.25) is 0 Å². The average Bonchev–Trinajstić information content (AvgIpc) is 2.12. The van der Waals surface area contributed by atoms with Crippen LogP contribution >= 0.6 is 0 Å². The molecule has 1 saturated heterocycles. The Labute approximate surface area is 97.6 Å². The van der Waals surface area contributed by atoms with E-state index in [4.69, 9.17) is 9.84 Å². The smallest absolute Gasteiger partial charge is 0.320 e. The summed E-state index contributed by atoms with van der Waals surface area (Å²) in [5, 5.41) is 9.15. The molecule has 0 amide bonds. The standard InChI is InChI=1S/C12H23NO3/c1-9(2)10-7-13(8-10)11(12(14)15)5-4-6-16-3/h9-11H,4-8H2,1-3H3,(H,14,15). The second-order valence-corrected chi connectivity index (χ2v) is 4.95. The van der Waals surface area contributed by atoms with Crippen molar-refractivity contribution in [2.45, 2.75) is 32.7 Å². The highest BCUT2D eigenvalue weighted by atomic mass is 16.5. The first-order valence-corrected chi connectivity index (χ1v) is 6.02. The monoisotopic (exact) mass is 229 g/mol. The minimum atomic E-state index is -0.696. The van der Waals surface area contributed by atoms with E-state index in [9.17, 15) is 4.79 Å². The number of rotatable bonds is 7. The molecule has 0 radical (unpaired) electrons. The lowest BCUT2D eigenvalue weighted by atomic mass is 9.86. The minimum absolute atomic E-state index is 0.315. The molecular formula is C12H23NO3. The van der Waals surface area contributed by atoms with E-state index in [0.29, 0.717) is 24.9 Å². The van der Waals surface area contributed by atoms with Crippen molar-refractivity contribution in [3.63, 3.8) is 0 Å². The molecule has 0 spiro atoms. The average molecular weight is 229 g/mol. The molecule has 0 saturated carbocycles. The Bertz CT molecular complexity index is 224. The molecule has 1 rings (SSSR count). The summed E-state index contributed by atoms with van der Waals surface area (Å²) in [6.07, 6.45) is 1.50. The van der Waals surface area contributed by atoms with Crippen molar-refractivity contribution in [1.29, 1.82) is 0 Å². The first kappa shape index (κ1) is 13.5. The van der Waals surface area contributed by atoms with Gasteiger partial charge < -0.3 is 9.84 Å². The molecule has 16 heavy (non-hydrogen) atoms. The van der Waals surface area contributed by atoms with Crippen LogP contribution in [0.2, 0.25) is 0 Å². The predicted octanol–water partition coefficient (Wildman–Crippen LogP) is 1.45. The fourth-order valence-electron chi connectivity index (χ4n) is 2.11. The number of carbonyl (C=O) groups is 1. The Morgan fingerprint density at radius 2 is 2.12 bits per heavy atom. The van der Waals surface area contributed by atoms with Gasteiger partial charge in [-0.05, 0) is 24.7 Å². The number of carboxylic acids is 1. The molecular weight excluding hydrogens is 206 g/mol. The van der Waals surface area contributed by atoms with Crippen LogP contribution in [0.1, 0.15) is 26.7 Å². The third-order valence-electron chi connectivity index (χ3n) is 3.43. The van der Waals surface area contributed by atoms with Gasteiger partial charge in [0.15, 0.2) is 0 Å². The molecule has 94 valence electrons. The minimum Gasteiger partial charge on any atom is -0.480 e. The summed E-state index contributed by atoms with van der Waals surface area (Å²) < 4.78 is 4.95. The van der Waals surface area contributed by atoms with Gasteiger partial charge in [0.1, 0.15) is 6.04 Å². The quantitative estimate of drug-likeness (QED) is 0.671. The number of carboxylic acid groups (broad SMARTS) is 1. The number of likely N-dealkylation sites (tertiary alicyclic amines) is 1. The van der Waals surface area contributed by atoms with Gasteiger partial charge in [0.25, 0.3) is 0 Å². The third kappa shape index (κ3) is 3.46. The summed E-state index contributed by atoms with van der Waals surface area (Å²) in [4.78, 5) is 13.2. The molecule has 0 aliphatic carbocycles. The lowest BCUT2D eigenvalue weighted by Crippen LogP contribution is -2.56. The lowest BCUT2D eigenvalue weighted by molar-refractivity contribution is -0.147. The molecule has 4 heteroatoms. The topological polar surface area (TPSA) is 49.8 Å². The zero-order chi connectivity index (χ0) is 12.1. The van der Waals surface area contributed by atoms with Gasteiger partial charge in [-0.15, -0.1) is 0 Å². The summed E-state index contributed by atoms with van der Waals surface area (Å²) in [5.41, 5.74) is 0. The molecule has 0 aromatic carbocycles. The number of ether oxygens (including phenoxy) is 1. The van der Waals surface area contributed by atoms with Crippen molar-refractivity contribution in [3.05, 3.63) is 0 Å². The van der Waals surface area contributed by atoms with Crippen LogP contribution in [0.5, 0.6) is 0 Å². The first-order valence-electron chi connectivity index (χ1n) is 6.02. The normalized spacial score (nSPS) is 19.8. The van der Waals surface area contributed by atoms with E-state index in [1.54, 1.807) is 7.11 Å².